The lowest BCUT2D eigenvalue weighted by Gasteiger charge is -2.32. The molecular weight excluding hydrogens is 352 g/mol. The molecule has 0 bridgehead atoms. The van der Waals surface area contributed by atoms with Gasteiger partial charge in [-0.1, -0.05) is 30.3 Å². The van der Waals surface area contributed by atoms with Crippen LogP contribution in [0.15, 0.2) is 53.7 Å². The number of hydrogen-bond donors (Lipinski definition) is 1. The van der Waals surface area contributed by atoms with E-state index < -0.39 is 10.0 Å². The molecule has 0 amide bonds. The largest absolute Gasteiger partial charge is 0.491 e. The van der Waals surface area contributed by atoms with E-state index in [1.807, 2.05) is 30.3 Å². The Labute approximate surface area is 154 Å². The zero-order chi connectivity index (χ0) is 18.4. The first-order chi connectivity index (χ1) is 12.6. The van der Waals surface area contributed by atoms with Gasteiger partial charge < -0.3 is 9.47 Å². The lowest BCUT2D eigenvalue weighted by molar-refractivity contribution is -0.0262. The number of sulfonamides is 1. The molecule has 2 unspecified atom stereocenters. The fourth-order valence-electron chi connectivity index (χ4n) is 3.19. The molecule has 0 aliphatic carbocycles. The van der Waals surface area contributed by atoms with Crippen LogP contribution in [0.1, 0.15) is 31.4 Å². The molecule has 1 aliphatic heterocycles. The van der Waals surface area contributed by atoms with Crippen LogP contribution in [0.5, 0.6) is 5.75 Å². The first kappa shape index (κ1) is 18.8. The first-order valence-electron chi connectivity index (χ1n) is 8.86. The van der Waals surface area contributed by atoms with Crippen molar-refractivity contribution in [2.24, 2.45) is 5.92 Å². The minimum atomic E-state index is -3.76. The quantitative estimate of drug-likeness (QED) is 0.804. The van der Waals surface area contributed by atoms with Crippen molar-refractivity contribution in [3.8, 4) is 5.75 Å². The van der Waals surface area contributed by atoms with E-state index in [2.05, 4.69) is 9.71 Å². The average Bonchev–Trinajstić information content (AvgIpc) is 2.68. The number of hydrogen-bond acceptors (Lipinski definition) is 5. The van der Waals surface area contributed by atoms with Crippen LogP contribution in [0.2, 0.25) is 0 Å². The van der Waals surface area contributed by atoms with Gasteiger partial charge in [0.1, 0.15) is 0 Å². The van der Waals surface area contributed by atoms with Gasteiger partial charge in [-0.25, -0.2) is 18.1 Å². The van der Waals surface area contributed by atoms with E-state index in [9.17, 15) is 8.42 Å². The number of aromatic nitrogens is 1. The zero-order valence-electron chi connectivity index (χ0n) is 14.8. The summed E-state index contributed by atoms with van der Waals surface area (Å²) in [5.41, 5.74) is 1.07. The second-order valence-electron chi connectivity index (χ2n) is 6.20. The van der Waals surface area contributed by atoms with Gasteiger partial charge in [0.05, 0.1) is 12.7 Å². The number of nitrogens with one attached hydrogen (secondary N) is 1. The zero-order valence-corrected chi connectivity index (χ0v) is 15.6. The Morgan fingerprint density at radius 2 is 2.04 bits per heavy atom. The minimum absolute atomic E-state index is 0.0696. The monoisotopic (exact) mass is 376 g/mol. The number of nitrogens with zero attached hydrogens (tertiary/aromatic N) is 1. The van der Waals surface area contributed by atoms with Crippen LogP contribution < -0.4 is 9.46 Å². The SMILES string of the molecule is CCOc1cccnc1S(=O)(=O)NCC1CCCOC1c1ccccc1. The third kappa shape index (κ3) is 4.41. The van der Waals surface area contributed by atoms with Crippen molar-refractivity contribution in [2.45, 2.75) is 30.9 Å². The van der Waals surface area contributed by atoms with E-state index in [-0.39, 0.29) is 22.8 Å². The molecule has 0 radical (unpaired) electrons. The summed E-state index contributed by atoms with van der Waals surface area (Å²) < 4.78 is 39.5. The molecule has 2 heterocycles. The molecule has 0 spiro atoms. The maximum atomic E-state index is 12.7. The number of rotatable bonds is 7. The van der Waals surface area contributed by atoms with Crippen LogP contribution in [0.3, 0.4) is 0 Å². The maximum Gasteiger partial charge on any atom is 0.261 e. The molecule has 140 valence electrons. The summed E-state index contributed by atoms with van der Waals surface area (Å²) >= 11 is 0. The van der Waals surface area contributed by atoms with Crippen molar-refractivity contribution in [3.63, 3.8) is 0 Å². The van der Waals surface area contributed by atoms with Gasteiger partial charge in [0, 0.05) is 25.3 Å². The Balaban J connectivity index is 1.74. The lowest BCUT2D eigenvalue weighted by Crippen LogP contribution is -2.35. The number of ether oxygens (including phenoxy) is 2. The van der Waals surface area contributed by atoms with Gasteiger partial charge in [-0.3, -0.25) is 0 Å². The van der Waals surface area contributed by atoms with Crippen LogP contribution in [0, 0.1) is 5.92 Å². The van der Waals surface area contributed by atoms with E-state index in [0.29, 0.717) is 19.8 Å². The number of pyridine rings is 1. The predicted molar refractivity (Wildman–Crippen MR) is 98.5 cm³/mol. The summed E-state index contributed by atoms with van der Waals surface area (Å²) in [5.74, 6) is 0.335. The van der Waals surface area contributed by atoms with Gasteiger partial charge in [-0.05, 0) is 37.5 Å². The molecule has 0 saturated carbocycles. The van der Waals surface area contributed by atoms with Gasteiger partial charge in [0.2, 0.25) is 5.03 Å². The molecule has 1 aromatic carbocycles. The summed E-state index contributed by atoms with van der Waals surface area (Å²) in [6, 6.07) is 13.2. The third-order valence-electron chi connectivity index (χ3n) is 4.40. The Hall–Kier alpha value is -1.96. The summed E-state index contributed by atoms with van der Waals surface area (Å²) in [6.45, 7) is 3.17. The molecule has 1 saturated heterocycles. The Morgan fingerprint density at radius 1 is 1.23 bits per heavy atom. The first-order valence-corrected chi connectivity index (χ1v) is 10.3. The molecule has 1 N–H and O–H groups in total. The molecule has 26 heavy (non-hydrogen) atoms. The highest BCUT2D eigenvalue weighted by atomic mass is 32.2. The minimum Gasteiger partial charge on any atom is -0.491 e. The molecular formula is C19H24N2O4S. The summed E-state index contributed by atoms with van der Waals surface area (Å²) in [5, 5.41) is -0.0742. The molecule has 2 aromatic rings. The summed E-state index contributed by atoms with van der Waals surface area (Å²) in [7, 11) is -3.76. The highest BCUT2D eigenvalue weighted by molar-refractivity contribution is 7.89. The standard InChI is InChI=1S/C19H24N2O4S/c1-2-24-17-11-6-12-20-19(17)26(22,23)21-14-16-10-7-13-25-18(16)15-8-4-3-5-9-15/h3-6,8-9,11-12,16,18,21H,2,7,10,13-14H2,1H3. The second-order valence-corrected chi connectivity index (χ2v) is 7.88. The highest BCUT2D eigenvalue weighted by Crippen LogP contribution is 2.33. The van der Waals surface area contributed by atoms with E-state index in [1.165, 1.54) is 6.20 Å². The van der Waals surface area contributed by atoms with Crippen molar-refractivity contribution in [3.05, 3.63) is 54.2 Å². The Bertz CT molecular complexity index is 811. The smallest absolute Gasteiger partial charge is 0.261 e. The van der Waals surface area contributed by atoms with Gasteiger partial charge >= 0.3 is 0 Å². The van der Waals surface area contributed by atoms with Crippen molar-refractivity contribution >= 4 is 10.0 Å². The average molecular weight is 376 g/mol. The van der Waals surface area contributed by atoms with Crippen molar-refractivity contribution in [1.82, 2.24) is 9.71 Å². The Kier molecular flexibility index (Phi) is 6.24. The third-order valence-corrected chi connectivity index (χ3v) is 5.76. The number of benzene rings is 1. The van der Waals surface area contributed by atoms with Crippen LogP contribution in [-0.4, -0.2) is 33.2 Å². The van der Waals surface area contributed by atoms with Crippen molar-refractivity contribution in [1.29, 1.82) is 0 Å². The van der Waals surface area contributed by atoms with Gasteiger partial charge in [-0.2, -0.15) is 0 Å². The van der Waals surface area contributed by atoms with E-state index in [1.54, 1.807) is 19.1 Å². The Morgan fingerprint density at radius 3 is 2.81 bits per heavy atom. The van der Waals surface area contributed by atoms with Crippen LogP contribution in [-0.2, 0) is 14.8 Å². The molecule has 7 heteroatoms. The van der Waals surface area contributed by atoms with Crippen molar-refractivity contribution < 1.29 is 17.9 Å². The van der Waals surface area contributed by atoms with Crippen LogP contribution >= 0.6 is 0 Å². The van der Waals surface area contributed by atoms with Crippen LogP contribution in [0.4, 0.5) is 0 Å². The molecule has 1 aromatic heterocycles. The van der Waals surface area contributed by atoms with Gasteiger partial charge in [-0.15, -0.1) is 0 Å². The molecule has 3 rings (SSSR count). The predicted octanol–water partition coefficient (Wildman–Crippen LogP) is 2.93. The van der Waals surface area contributed by atoms with E-state index >= 15 is 0 Å². The van der Waals surface area contributed by atoms with E-state index in [4.69, 9.17) is 9.47 Å². The second kappa shape index (κ2) is 8.62. The molecule has 6 nitrogen and oxygen atoms in total. The van der Waals surface area contributed by atoms with Gasteiger partial charge in [0.25, 0.3) is 10.0 Å². The summed E-state index contributed by atoms with van der Waals surface area (Å²) in [4.78, 5) is 4.00. The van der Waals surface area contributed by atoms with Crippen molar-refractivity contribution in [2.75, 3.05) is 19.8 Å². The normalized spacial score (nSPS) is 20.7. The molecule has 1 fully saturated rings. The fraction of sp³-hybridized carbons (Fsp3) is 0.421. The lowest BCUT2D eigenvalue weighted by atomic mass is 9.90. The van der Waals surface area contributed by atoms with Gasteiger partial charge in [0.15, 0.2) is 5.75 Å². The maximum absolute atomic E-state index is 12.7. The molecule has 1 aliphatic rings. The van der Waals surface area contributed by atoms with E-state index in [0.717, 1.165) is 18.4 Å². The summed E-state index contributed by atoms with van der Waals surface area (Å²) in [6.07, 6.45) is 3.17. The highest BCUT2D eigenvalue weighted by Gasteiger charge is 2.30. The fourth-order valence-corrected chi connectivity index (χ4v) is 4.35. The van der Waals surface area contributed by atoms with Crippen LogP contribution in [0.25, 0.3) is 0 Å². The topological polar surface area (TPSA) is 77.5 Å². The molecule has 2 atom stereocenters.